The van der Waals surface area contributed by atoms with Crippen LogP contribution in [0.5, 0.6) is 0 Å². The quantitative estimate of drug-likeness (QED) is 0.468. The molecule has 2 heterocycles. The van der Waals surface area contributed by atoms with Crippen LogP contribution in [0.25, 0.3) is 10.2 Å². The minimum absolute atomic E-state index is 0.121. The first-order valence-electron chi connectivity index (χ1n) is 7.76. The van der Waals surface area contributed by atoms with Crippen LogP contribution in [0, 0.1) is 12.8 Å². The first-order chi connectivity index (χ1) is 11.0. The Morgan fingerprint density at radius 3 is 2.83 bits per heavy atom. The molecule has 0 radical (unpaired) electrons. The number of aryl methyl sites for hydroxylation is 1. The number of carbonyl (C=O) groups is 1. The summed E-state index contributed by atoms with van der Waals surface area (Å²) >= 11 is 2.74. The van der Waals surface area contributed by atoms with E-state index in [0.717, 1.165) is 28.1 Å². The maximum Gasteiger partial charge on any atom is 0.316 e. The number of fused-ring (bicyclic) bond motifs is 1. The number of carbonyl (C=O) groups excluding carboxylic acids is 1. The van der Waals surface area contributed by atoms with Crippen LogP contribution in [-0.2, 0) is 16.0 Å². The molecule has 2 aromatic heterocycles. The molecule has 5 nitrogen and oxygen atoms in total. The van der Waals surface area contributed by atoms with E-state index in [0.29, 0.717) is 23.1 Å². The minimum Gasteiger partial charge on any atom is -0.465 e. The Labute approximate surface area is 143 Å². The molecule has 23 heavy (non-hydrogen) atoms. The van der Waals surface area contributed by atoms with Crippen molar-refractivity contribution in [3.05, 3.63) is 20.8 Å². The standard InChI is InChI=1S/C16H22N2O3S2/c1-5-9(3)7-11-10(4)23-15-13(11)14(20)17-16(18-15)22-8-12(19)21-6-2/h9H,5-8H2,1-4H3,(H,17,18,20)/t9-/m1/s1. The van der Waals surface area contributed by atoms with Crippen LogP contribution in [0.1, 0.15) is 37.6 Å². The molecule has 1 N–H and O–H groups in total. The summed E-state index contributed by atoms with van der Waals surface area (Å²) in [5.74, 6) is 0.371. The van der Waals surface area contributed by atoms with Crippen molar-refractivity contribution in [3.8, 4) is 0 Å². The number of H-pyrrole nitrogens is 1. The van der Waals surface area contributed by atoms with Gasteiger partial charge in [0.1, 0.15) is 4.83 Å². The maximum absolute atomic E-state index is 12.5. The molecule has 0 spiro atoms. The zero-order valence-corrected chi connectivity index (χ0v) is 15.5. The molecule has 0 saturated carbocycles. The van der Waals surface area contributed by atoms with Crippen molar-refractivity contribution in [2.75, 3.05) is 12.4 Å². The molecule has 0 fully saturated rings. The van der Waals surface area contributed by atoms with E-state index >= 15 is 0 Å². The number of nitrogens with one attached hydrogen (secondary N) is 1. The van der Waals surface area contributed by atoms with Gasteiger partial charge in [0.05, 0.1) is 17.7 Å². The smallest absolute Gasteiger partial charge is 0.316 e. The number of aromatic nitrogens is 2. The van der Waals surface area contributed by atoms with Crippen LogP contribution in [0.15, 0.2) is 9.95 Å². The summed E-state index contributed by atoms with van der Waals surface area (Å²) in [7, 11) is 0. The van der Waals surface area contributed by atoms with Crippen molar-refractivity contribution >= 4 is 39.3 Å². The van der Waals surface area contributed by atoms with Crippen LogP contribution in [0.3, 0.4) is 0 Å². The molecule has 7 heteroatoms. The predicted molar refractivity (Wildman–Crippen MR) is 95.5 cm³/mol. The van der Waals surface area contributed by atoms with Gasteiger partial charge in [0, 0.05) is 4.88 Å². The molecule has 0 amide bonds. The van der Waals surface area contributed by atoms with Crippen molar-refractivity contribution in [2.24, 2.45) is 5.92 Å². The lowest BCUT2D eigenvalue weighted by atomic mass is 9.98. The lowest BCUT2D eigenvalue weighted by Crippen LogP contribution is -2.12. The second-order valence-electron chi connectivity index (χ2n) is 5.50. The maximum atomic E-state index is 12.5. The van der Waals surface area contributed by atoms with Crippen molar-refractivity contribution in [2.45, 2.75) is 45.7 Å². The van der Waals surface area contributed by atoms with E-state index in [9.17, 15) is 9.59 Å². The molecular formula is C16H22N2O3S2. The number of ether oxygens (including phenoxy) is 1. The summed E-state index contributed by atoms with van der Waals surface area (Å²) in [4.78, 5) is 33.1. The highest BCUT2D eigenvalue weighted by atomic mass is 32.2. The molecule has 0 bridgehead atoms. The Hall–Kier alpha value is -1.34. The molecule has 2 aromatic rings. The van der Waals surface area contributed by atoms with Gasteiger partial charge in [-0.05, 0) is 31.7 Å². The monoisotopic (exact) mass is 354 g/mol. The van der Waals surface area contributed by atoms with Crippen molar-refractivity contribution < 1.29 is 9.53 Å². The highest BCUT2D eigenvalue weighted by Crippen LogP contribution is 2.30. The highest BCUT2D eigenvalue weighted by molar-refractivity contribution is 7.99. The topological polar surface area (TPSA) is 72.0 Å². The number of nitrogens with zero attached hydrogens (tertiary/aromatic N) is 1. The lowest BCUT2D eigenvalue weighted by Gasteiger charge is -2.08. The SMILES string of the molecule is CCOC(=O)CSc1nc2sc(C)c(C[C@H](C)CC)c2c(=O)[nH]1. The van der Waals surface area contributed by atoms with Gasteiger partial charge in [0.25, 0.3) is 5.56 Å². The Bertz CT molecular complexity index is 752. The van der Waals surface area contributed by atoms with Crippen LogP contribution in [0.4, 0.5) is 0 Å². The fourth-order valence-electron chi connectivity index (χ4n) is 2.29. The minimum atomic E-state index is -0.305. The van der Waals surface area contributed by atoms with E-state index in [1.54, 1.807) is 18.3 Å². The summed E-state index contributed by atoms with van der Waals surface area (Å²) in [6.45, 7) is 8.50. The molecular weight excluding hydrogens is 332 g/mol. The number of hydrogen-bond donors (Lipinski definition) is 1. The largest absolute Gasteiger partial charge is 0.465 e. The normalized spacial score (nSPS) is 12.5. The van der Waals surface area contributed by atoms with Gasteiger partial charge in [-0.2, -0.15) is 0 Å². The number of esters is 1. The number of thiophene rings is 1. The van der Waals surface area contributed by atoms with Gasteiger partial charge in [-0.3, -0.25) is 9.59 Å². The summed E-state index contributed by atoms with van der Waals surface area (Å²) in [5.41, 5.74) is 0.985. The second-order valence-corrected chi connectivity index (χ2v) is 7.67. The Balaban J connectivity index is 2.29. The van der Waals surface area contributed by atoms with Crippen molar-refractivity contribution in [1.82, 2.24) is 9.97 Å². The van der Waals surface area contributed by atoms with Gasteiger partial charge < -0.3 is 9.72 Å². The fourth-order valence-corrected chi connectivity index (χ4v) is 4.06. The second kappa shape index (κ2) is 7.97. The van der Waals surface area contributed by atoms with Crippen molar-refractivity contribution in [1.29, 1.82) is 0 Å². The Morgan fingerprint density at radius 1 is 1.43 bits per heavy atom. The Morgan fingerprint density at radius 2 is 2.17 bits per heavy atom. The molecule has 0 saturated heterocycles. The fraction of sp³-hybridized carbons (Fsp3) is 0.562. The molecule has 0 aliphatic rings. The van der Waals surface area contributed by atoms with Crippen LogP contribution in [-0.4, -0.2) is 28.3 Å². The average molecular weight is 354 g/mol. The summed E-state index contributed by atoms with van der Waals surface area (Å²) in [6.07, 6.45) is 1.97. The van der Waals surface area contributed by atoms with Crippen LogP contribution >= 0.6 is 23.1 Å². The number of aromatic amines is 1. The summed E-state index contributed by atoms with van der Waals surface area (Å²) in [5, 5.41) is 1.17. The number of thioether (sulfide) groups is 1. The molecule has 2 rings (SSSR count). The van der Waals surface area contributed by atoms with E-state index < -0.39 is 0 Å². The van der Waals surface area contributed by atoms with E-state index in [-0.39, 0.29) is 17.3 Å². The molecule has 0 aromatic carbocycles. The van der Waals surface area contributed by atoms with Gasteiger partial charge in [-0.25, -0.2) is 4.98 Å². The number of rotatable bonds is 7. The van der Waals surface area contributed by atoms with Crippen molar-refractivity contribution in [3.63, 3.8) is 0 Å². The summed E-state index contributed by atoms with van der Waals surface area (Å²) in [6, 6.07) is 0. The van der Waals surface area contributed by atoms with Gasteiger partial charge in [-0.1, -0.05) is 32.0 Å². The first kappa shape index (κ1) is 18.0. The van der Waals surface area contributed by atoms with Crippen LogP contribution in [0.2, 0.25) is 0 Å². The van der Waals surface area contributed by atoms with Gasteiger partial charge in [0.15, 0.2) is 5.16 Å². The zero-order valence-electron chi connectivity index (χ0n) is 13.9. The average Bonchev–Trinajstić information content (AvgIpc) is 2.81. The van der Waals surface area contributed by atoms with E-state index in [1.165, 1.54) is 11.8 Å². The third-order valence-corrected chi connectivity index (χ3v) is 5.61. The Kier molecular flexibility index (Phi) is 6.24. The summed E-state index contributed by atoms with van der Waals surface area (Å²) < 4.78 is 4.88. The van der Waals surface area contributed by atoms with Crippen LogP contribution < -0.4 is 5.56 Å². The third kappa shape index (κ3) is 4.35. The van der Waals surface area contributed by atoms with Gasteiger partial charge >= 0.3 is 5.97 Å². The molecule has 0 aliphatic heterocycles. The molecule has 1 atom stereocenters. The molecule has 0 aliphatic carbocycles. The zero-order chi connectivity index (χ0) is 17.0. The number of hydrogen-bond acceptors (Lipinski definition) is 6. The van der Waals surface area contributed by atoms with Gasteiger partial charge in [-0.15, -0.1) is 11.3 Å². The van der Waals surface area contributed by atoms with E-state index in [1.807, 2.05) is 6.92 Å². The molecule has 126 valence electrons. The van der Waals surface area contributed by atoms with Gasteiger partial charge in [0.2, 0.25) is 0 Å². The first-order valence-corrected chi connectivity index (χ1v) is 9.57. The predicted octanol–water partition coefficient (Wildman–Crippen LogP) is 3.54. The lowest BCUT2D eigenvalue weighted by molar-refractivity contribution is -0.139. The highest BCUT2D eigenvalue weighted by Gasteiger charge is 2.17. The van der Waals surface area contributed by atoms with E-state index in [4.69, 9.17) is 4.74 Å². The third-order valence-electron chi connectivity index (χ3n) is 3.72. The van der Waals surface area contributed by atoms with E-state index in [2.05, 4.69) is 23.8 Å². The molecule has 0 unspecified atom stereocenters.